The quantitative estimate of drug-likeness (QED) is 0.652. The lowest BCUT2D eigenvalue weighted by Crippen LogP contribution is -2.53. The van der Waals surface area contributed by atoms with Gasteiger partial charge in [-0.25, -0.2) is 9.78 Å². The zero-order valence-corrected chi connectivity index (χ0v) is 18.4. The molecule has 1 aliphatic heterocycles. The molecule has 1 fully saturated rings. The number of benzene rings is 1. The number of ether oxygens (including phenoxy) is 1. The van der Waals surface area contributed by atoms with Crippen molar-refractivity contribution >= 4 is 16.2 Å². The van der Waals surface area contributed by atoms with E-state index in [9.17, 15) is 13.2 Å². The average Bonchev–Trinajstić information content (AvgIpc) is 3.11. The largest absolute Gasteiger partial charge is 0.475 e. The Balaban J connectivity index is 1.36. The molecule has 31 heavy (non-hydrogen) atoms. The highest BCUT2D eigenvalue weighted by Gasteiger charge is 2.33. The Hall–Kier alpha value is -2.65. The Morgan fingerprint density at radius 3 is 2.58 bits per heavy atom. The SMILES string of the molecule is Cc1ccc(S(=O)(=O)OCC2Cc3cnc(OC[C@@H]4CCN4C(=O)O)c(C)c3C2)cc1. The van der Waals surface area contributed by atoms with E-state index in [4.69, 9.17) is 14.0 Å². The molecule has 1 amide bonds. The van der Waals surface area contributed by atoms with Gasteiger partial charge in [0, 0.05) is 18.3 Å². The number of hydrogen-bond donors (Lipinski definition) is 1. The van der Waals surface area contributed by atoms with Crippen molar-refractivity contribution in [1.82, 2.24) is 9.88 Å². The van der Waals surface area contributed by atoms with Gasteiger partial charge in [0.15, 0.2) is 0 Å². The molecule has 1 N–H and O–H groups in total. The van der Waals surface area contributed by atoms with Gasteiger partial charge in [0.2, 0.25) is 5.88 Å². The molecule has 1 aliphatic carbocycles. The second kappa shape index (κ2) is 8.47. The molecule has 1 aromatic heterocycles. The summed E-state index contributed by atoms with van der Waals surface area (Å²) in [5, 5.41) is 9.10. The van der Waals surface area contributed by atoms with Crippen molar-refractivity contribution in [2.24, 2.45) is 5.92 Å². The number of rotatable bonds is 7. The summed E-state index contributed by atoms with van der Waals surface area (Å²) in [7, 11) is -3.79. The fraction of sp³-hybridized carbons (Fsp3) is 0.455. The Bertz CT molecular complexity index is 1080. The first-order chi connectivity index (χ1) is 14.7. The van der Waals surface area contributed by atoms with Gasteiger partial charge in [0.25, 0.3) is 10.1 Å². The normalized spacial score (nSPS) is 20.3. The van der Waals surface area contributed by atoms with Gasteiger partial charge in [0.1, 0.15) is 6.61 Å². The third kappa shape index (κ3) is 4.52. The maximum atomic E-state index is 12.5. The van der Waals surface area contributed by atoms with Gasteiger partial charge in [-0.1, -0.05) is 17.7 Å². The van der Waals surface area contributed by atoms with Crippen LogP contribution in [0.2, 0.25) is 0 Å². The molecular formula is C22H26N2O6S. The Kier molecular flexibility index (Phi) is 5.90. The molecule has 2 atom stereocenters. The van der Waals surface area contributed by atoms with E-state index in [1.165, 1.54) is 4.90 Å². The lowest BCUT2D eigenvalue weighted by Gasteiger charge is -2.38. The highest BCUT2D eigenvalue weighted by Crippen LogP contribution is 2.33. The van der Waals surface area contributed by atoms with Gasteiger partial charge in [0.05, 0.1) is 17.5 Å². The molecule has 1 aromatic carbocycles. The number of nitrogens with zero attached hydrogens (tertiary/aromatic N) is 2. The Labute approximate surface area is 181 Å². The molecule has 1 unspecified atom stereocenters. The summed E-state index contributed by atoms with van der Waals surface area (Å²) < 4.78 is 36.1. The number of fused-ring (bicyclic) bond motifs is 1. The first kappa shape index (κ1) is 21.6. The van der Waals surface area contributed by atoms with Crippen molar-refractivity contribution in [3.05, 3.63) is 52.7 Å². The van der Waals surface area contributed by atoms with E-state index in [-0.39, 0.29) is 30.1 Å². The van der Waals surface area contributed by atoms with Crippen molar-refractivity contribution in [3.63, 3.8) is 0 Å². The third-order valence-electron chi connectivity index (χ3n) is 6.07. The van der Waals surface area contributed by atoms with Crippen molar-refractivity contribution < 1.29 is 27.2 Å². The molecule has 0 spiro atoms. The summed E-state index contributed by atoms with van der Waals surface area (Å²) >= 11 is 0. The number of aryl methyl sites for hydroxylation is 1. The highest BCUT2D eigenvalue weighted by atomic mass is 32.2. The van der Waals surface area contributed by atoms with E-state index in [1.54, 1.807) is 30.5 Å². The van der Waals surface area contributed by atoms with Crippen LogP contribution < -0.4 is 4.74 Å². The van der Waals surface area contributed by atoms with Crippen LogP contribution in [0, 0.1) is 19.8 Å². The molecule has 2 aliphatic rings. The number of carbonyl (C=O) groups is 1. The summed E-state index contributed by atoms with van der Waals surface area (Å²) in [5.41, 5.74) is 4.08. The molecular weight excluding hydrogens is 420 g/mol. The number of aromatic nitrogens is 1. The number of amides is 1. The molecule has 4 rings (SSSR count). The minimum Gasteiger partial charge on any atom is -0.475 e. The Morgan fingerprint density at radius 2 is 1.94 bits per heavy atom. The number of likely N-dealkylation sites (tertiary alicyclic amines) is 1. The van der Waals surface area contributed by atoms with Gasteiger partial charge in [-0.3, -0.25) is 4.18 Å². The predicted octanol–water partition coefficient (Wildman–Crippen LogP) is 2.95. The number of hydrogen-bond acceptors (Lipinski definition) is 6. The number of carboxylic acid groups (broad SMARTS) is 1. The van der Waals surface area contributed by atoms with Crippen LogP contribution in [-0.2, 0) is 27.1 Å². The minimum absolute atomic E-state index is 0.0418. The van der Waals surface area contributed by atoms with Crippen LogP contribution in [0.15, 0.2) is 35.4 Å². The second-order valence-corrected chi connectivity index (χ2v) is 9.86. The molecule has 2 heterocycles. The zero-order valence-electron chi connectivity index (χ0n) is 17.6. The standard InChI is InChI=1S/C22H26N2O6S/c1-14-3-5-19(6-4-14)31(27,28)30-12-16-9-17-11-23-21(15(2)20(17)10-16)29-13-18-7-8-24(18)22(25)26/h3-6,11,16,18H,7-10,12-13H2,1-2H3,(H,25,26)/t16?,18-/m0/s1. The number of pyridine rings is 1. The summed E-state index contributed by atoms with van der Waals surface area (Å²) in [6.07, 6.45) is 3.01. The van der Waals surface area contributed by atoms with Crippen LogP contribution >= 0.6 is 0 Å². The van der Waals surface area contributed by atoms with Crippen LogP contribution in [0.25, 0.3) is 0 Å². The topological polar surface area (TPSA) is 106 Å². The first-order valence-corrected chi connectivity index (χ1v) is 11.7. The first-order valence-electron chi connectivity index (χ1n) is 10.3. The predicted molar refractivity (Wildman–Crippen MR) is 113 cm³/mol. The van der Waals surface area contributed by atoms with Crippen molar-refractivity contribution in [2.75, 3.05) is 19.8 Å². The second-order valence-electron chi connectivity index (χ2n) is 8.25. The molecule has 8 nitrogen and oxygen atoms in total. The van der Waals surface area contributed by atoms with Gasteiger partial charge in [-0.05, 0) is 62.3 Å². The van der Waals surface area contributed by atoms with Crippen LogP contribution in [0.1, 0.15) is 28.7 Å². The van der Waals surface area contributed by atoms with Gasteiger partial charge >= 0.3 is 6.09 Å². The average molecular weight is 447 g/mol. The van der Waals surface area contributed by atoms with E-state index < -0.39 is 16.2 Å². The lowest BCUT2D eigenvalue weighted by molar-refractivity contribution is 0.0487. The molecule has 0 radical (unpaired) electrons. The summed E-state index contributed by atoms with van der Waals surface area (Å²) in [6, 6.07) is 6.47. The maximum absolute atomic E-state index is 12.5. The van der Waals surface area contributed by atoms with Gasteiger partial charge < -0.3 is 14.7 Å². The van der Waals surface area contributed by atoms with Crippen molar-refractivity contribution in [2.45, 2.75) is 44.0 Å². The lowest BCUT2D eigenvalue weighted by atomic mass is 10.1. The Morgan fingerprint density at radius 1 is 1.19 bits per heavy atom. The van der Waals surface area contributed by atoms with Crippen LogP contribution in [0.4, 0.5) is 4.79 Å². The smallest absolute Gasteiger partial charge is 0.407 e. The molecule has 9 heteroatoms. The molecule has 0 saturated carbocycles. The van der Waals surface area contributed by atoms with Crippen LogP contribution in [-0.4, -0.2) is 55.3 Å². The third-order valence-corrected chi connectivity index (χ3v) is 7.37. The van der Waals surface area contributed by atoms with E-state index in [0.717, 1.165) is 28.7 Å². The maximum Gasteiger partial charge on any atom is 0.407 e. The van der Waals surface area contributed by atoms with E-state index in [0.29, 0.717) is 25.3 Å². The highest BCUT2D eigenvalue weighted by molar-refractivity contribution is 7.86. The van der Waals surface area contributed by atoms with E-state index >= 15 is 0 Å². The molecule has 166 valence electrons. The fourth-order valence-electron chi connectivity index (χ4n) is 4.08. The van der Waals surface area contributed by atoms with Crippen LogP contribution in [0.5, 0.6) is 5.88 Å². The van der Waals surface area contributed by atoms with Crippen molar-refractivity contribution in [3.8, 4) is 5.88 Å². The summed E-state index contributed by atoms with van der Waals surface area (Å²) in [4.78, 5) is 17.0. The molecule has 0 bridgehead atoms. The zero-order chi connectivity index (χ0) is 22.2. The van der Waals surface area contributed by atoms with Gasteiger partial charge in [-0.15, -0.1) is 0 Å². The van der Waals surface area contributed by atoms with E-state index in [1.807, 2.05) is 13.8 Å². The molecule has 2 aromatic rings. The van der Waals surface area contributed by atoms with E-state index in [2.05, 4.69) is 4.98 Å². The summed E-state index contributed by atoms with van der Waals surface area (Å²) in [6.45, 7) is 4.75. The van der Waals surface area contributed by atoms with Crippen molar-refractivity contribution in [1.29, 1.82) is 0 Å². The monoisotopic (exact) mass is 446 g/mol. The molecule has 1 saturated heterocycles. The summed E-state index contributed by atoms with van der Waals surface area (Å²) in [5.74, 6) is 0.546. The van der Waals surface area contributed by atoms with Crippen LogP contribution in [0.3, 0.4) is 0 Å². The fourth-order valence-corrected chi connectivity index (χ4v) is 5.05. The van der Waals surface area contributed by atoms with Gasteiger partial charge in [-0.2, -0.15) is 8.42 Å². The minimum atomic E-state index is -3.79.